The summed E-state index contributed by atoms with van der Waals surface area (Å²) in [7, 11) is 0. The second-order valence-corrected chi connectivity index (χ2v) is 13.9. The Labute approximate surface area is 227 Å². The molecule has 0 aliphatic carbocycles. The summed E-state index contributed by atoms with van der Waals surface area (Å²) in [5, 5.41) is 0. The van der Waals surface area contributed by atoms with Gasteiger partial charge in [-0.2, -0.15) is 0 Å². The van der Waals surface area contributed by atoms with Gasteiger partial charge in [0.25, 0.3) is 0 Å². The maximum absolute atomic E-state index is 6.11. The summed E-state index contributed by atoms with van der Waals surface area (Å²) in [6.07, 6.45) is 5.84. The van der Waals surface area contributed by atoms with Crippen molar-refractivity contribution in [2.45, 2.75) is 164 Å². The van der Waals surface area contributed by atoms with Crippen LogP contribution in [0.5, 0.6) is 0 Å². The minimum atomic E-state index is -0.589. The van der Waals surface area contributed by atoms with E-state index in [1.165, 1.54) is 12.8 Å². The molecule has 0 aliphatic rings. The van der Waals surface area contributed by atoms with Gasteiger partial charge in [0.2, 0.25) is 0 Å². The molecule has 0 aromatic heterocycles. The average molecular weight is 514 g/mol. The van der Waals surface area contributed by atoms with Crippen molar-refractivity contribution in [3.63, 3.8) is 0 Å². The molecule has 0 aliphatic heterocycles. The fourth-order valence-electron chi connectivity index (χ4n) is 5.72. The Hall–Kier alpha value is -0.200. The van der Waals surface area contributed by atoms with Crippen LogP contribution in [-0.4, -0.2) is 71.1 Å². The monoisotopic (exact) mass is 514 g/mol. The maximum Gasteiger partial charge on any atom is 0.111 e. The Kier molecular flexibility index (Phi) is 15.9. The van der Waals surface area contributed by atoms with Crippen molar-refractivity contribution in [3.05, 3.63) is 0 Å². The first-order valence-corrected chi connectivity index (χ1v) is 14.9. The topological polar surface area (TPSA) is 51.0 Å². The van der Waals surface area contributed by atoms with Crippen molar-refractivity contribution in [1.82, 2.24) is 9.80 Å². The minimum Gasteiger partial charge on any atom is -0.379 e. The molecule has 0 aromatic carbocycles. The molecule has 5 nitrogen and oxygen atoms in total. The fraction of sp³-hybridized carbons (Fsp3) is 1.00. The van der Waals surface area contributed by atoms with Gasteiger partial charge in [0.05, 0.1) is 12.7 Å². The lowest BCUT2D eigenvalue weighted by molar-refractivity contribution is -0.0462. The van der Waals surface area contributed by atoms with Gasteiger partial charge in [-0.3, -0.25) is 9.80 Å². The molecule has 2 N–H and O–H groups in total. The van der Waals surface area contributed by atoms with Gasteiger partial charge >= 0.3 is 0 Å². The number of ether oxygens (including phenoxy) is 2. The van der Waals surface area contributed by atoms with Crippen LogP contribution in [0.15, 0.2) is 0 Å². The van der Waals surface area contributed by atoms with Crippen LogP contribution in [0.1, 0.15) is 129 Å². The van der Waals surface area contributed by atoms with Crippen molar-refractivity contribution >= 4 is 0 Å². The molecule has 0 radical (unpaired) electrons. The normalized spacial score (nSPS) is 17.0. The lowest BCUT2D eigenvalue weighted by Gasteiger charge is -2.49. The number of nitrogens with zero attached hydrogens (tertiary/aromatic N) is 2. The van der Waals surface area contributed by atoms with Gasteiger partial charge in [-0.15, -0.1) is 0 Å². The van der Waals surface area contributed by atoms with Crippen LogP contribution in [-0.2, 0) is 9.47 Å². The van der Waals surface area contributed by atoms with Crippen LogP contribution in [0, 0.1) is 11.8 Å². The van der Waals surface area contributed by atoms with E-state index in [1.54, 1.807) is 0 Å². The van der Waals surface area contributed by atoms with Gasteiger partial charge in [-0.1, -0.05) is 34.6 Å². The molecular formula is C31H67N3O2. The zero-order chi connectivity index (χ0) is 28.3. The number of nitrogens with two attached hydrogens (primary N) is 1. The number of hydrogen-bond donors (Lipinski definition) is 1. The largest absolute Gasteiger partial charge is 0.379 e. The zero-order valence-electron chi connectivity index (χ0n) is 27.0. The van der Waals surface area contributed by atoms with Crippen LogP contribution in [0.25, 0.3) is 0 Å². The van der Waals surface area contributed by atoms with Gasteiger partial charge in [0.1, 0.15) is 5.72 Å². The third-order valence-corrected chi connectivity index (χ3v) is 7.78. The van der Waals surface area contributed by atoms with Crippen molar-refractivity contribution < 1.29 is 9.47 Å². The Morgan fingerprint density at radius 3 is 1.58 bits per heavy atom. The Bertz CT molecular complexity index is 571. The highest BCUT2D eigenvalue weighted by molar-refractivity contribution is 4.92. The summed E-state index contributed by atoms with van der Waals surface area (Å²) >= 11 is 0. The molecule has 0 saturated carbocycles. The van der Waals surface area contributed by atoms with Crippen molar-refractivity contribution in [1.29, 1.82) is 0 Å². The second kappa shape index (κ2) is 16.0. The summed E-state index contributed by atoms with van der Waals surface area (Å²) in [6, 6.07) is 1.03. The van der Waals surface area contributed by atoms with E-state index in [4.69, 9.17) is 15.2 Å². The summed E-state index contributed by atoms with van der Waals surface area (Å²) in [4.78, 5) is 5.55. The molecule has 3 atom stereocenters. The van der Waals surface area contributed by atoms with Crippen LogP contribution < -0.4 is 5.73 Å². The van der Waals surface area contributed by atoms with Crippen LogP contribution in [0.3, 0.4) is 0 Å². The number of rotatable bonds is 20. The first-order valence-electron chi connectivity index (χ1n) is 14.9. The SMILES string of the molecule is CCC(C)(CCOC(C)C)N(CCN(C(C)CC(C)C)C(C)(C)CCOC(C)(C)N)C(C)CC(C)C. The first kappa shape index (κ1) is 35.8. The molecule has 36 heavy (non-hydrogen) atoms. The van der Waals surface area contributed by atoms with Gasteiger partial charge in [-0.25, -0.2) is 0 Å². The van der Waals surface area contributed by atoms with Gasteiger partial charge in [0, 0.05) is 42.9 Å². The molecule has 0 bridgehead atoms. The predicted octanol–water partition coefficient (Wildman–Crippen LogP) is 7.32. The van der Waals surface area contributed by atoms with E-state index in [1.807, 2.05) is 13.8 Å². The van der Waals surface area contributed by atoms with E-state index < -0.39 is 5.72 Å². The van der Waals surface area contributed by atoms with Crippen molar-refractivity contribution in [2.24, 2.45) is 17.6 Å². The molecule has 0 heterocycles. The van der Waals surface area contributed by atoms with E-state index in [0.717, 1.165) is 39.0 Å². The molecule has 0 rings (SSSR count). The third-order valence-electron chi connectivity index (χ3n) is 7.78. The molecular weight excluding hydrogens is 446 g/mol. The van der Waals surface area contributed by atoms with E-state index in [-0.39, 0.29) is 17.2 Å². The summed E-state index contributed by atoms with van der Waals surface area (Å²) in [6.45, 7) is 35.5. The third kappa shape index (κ3) is 14.1. The Morgan fingerprint density at radius 2 is 1.17 bits per heavy atom. The molecule has 0 saturated heterocycles. The maximum atomic E-state index is 6.11. The van der Waals surface area contributed by atoms with E-state index in [0.29, 0.717) is 30.5 Å². The highest BCUT2D eigenvalue weighted by Crippen LogP contribution is 2.31. The van der Waals surface area contributed by atoms with Gasteiger partial charge in [0.15, 0.2) is 0 Å². The zero-order valence-corrected chi connectivity index (χ0v) is 27.0. The lowest BCUT2D eigenvalue weighted by atomic mass is 9.88. The van der Waals surface area contributed by atoms with Gasteiger partial charge in [-0.05, 0) is 106 Å². The highest BCUT2D eigenvalue weighted by Gasteiger charge is 2.36. The molecule has 5 heteroatoms. The summed E-state index contributed by atoms with van der Waals surface area (Å²) < 4.78 is 12.0. The number of hydrogen-bond acceptors (Lipinski definition) is 5. The Morgan fingerprint density at radius 1 is 0.694 bits per heavy atom. The second-order valence-electron chi connectivity index (χ2n) is 13.9. The van der Waals surface area contributed by atoms with Crippen LogP contribution in [0.2, 0.25) is 0 Å². The quantitative estimate of drug-likeness (QED) is 0.173. The van der Waals surface area contributed by atoms with Crippen LogP contribution >= 0.6 is 0 Å². The molecule has 0 aromatic rings. The first-order chi connectivity index (χ1) is 16.3. The lowest BCUT2D eigenvalue weighted by Crippen LogP contribution is -2.57. The summed E-state index contributed by atoms with van der Waals surface area (Å²) in [5.41, 5.74) is 5.66. The standard InChI is InChI=1S/C31H67N3O2/c1-15-31(14,17-20-35-26(6)7)34(28(9)23-25(4)5)19-18-33(27(8)22-24(2)3)29(10,11)16-21-36-30(12,13)32/h24-28H,15-23,32H2,1-14H3. The van der Waals surface area contributed by atoms with Gasteiger partial charge < -0.3 is 15.2 Å². The van der Waals surface area contributed by atoms with Crippen molar-refractivity contribution in [2.75, 3.05) is 26.3 Å². The Balaban J connectivity index is 5.87. The van der Waals surface area contributed by atoms with Crippen molar-refractivity contribution in [3.8, 4) is 0 Å². The molecule has 0 amide bonds. The smallest absolute Gasteiger partial charge is 0.111 e. The highest BCUT2D eigenvalue weighted by atomic mass is 16.5. The van der Waals surface area contributed by atoms with E-state index in [2.05, 4.69) is 92.9 Å². The fourth-order valence-corrected chi connectivity index (χ4v) is 5.72. The van der Waals surface area contributed by atoms with E-state index >= 15 is 0 Å². The summed E-state index contributed by atoms with van der Waals surface area (Å²) in [5.74, 6) is 1.35. The van der Waals surface area contributed by atoms with E-state index in [9.17, 15) is 0 Å². The molecule has 0 spiro atoms. The predicted molar refractivity (Wildman–Crippen MR) is 159 cm³/mol. The molecule has 218 valence electrons. The van der Waals surface area contributed by atoms with Crippen LogP contribution in [0.4, 0.5) is 0 Å². The molecule has 3 unspecified atom stereocenters. The molecule has 0 fully saturated rings. The average Bonchev–Trinajstić information content (AvgIpc) is 2.68. The minimum absolute atomic E-state index is 0.0237.